The summed E-state index contributed by atoms with van der Waals surface area (Å²) in [6.45, 7) is 7.43. The third kappa shape index (κ3) is 1.58. The first-order valence-electron chi connectivity index (χ1n) is 6.52. The molecule has 0 aliphatic heterocycles. The van der Waals surface area contributed by atoms with Crippen LogP contribution in [0.1, 0.15) is 59.3 Å². The topological polar surface area (TPSA) is 0 Å². The van der Waals surface area contributed by atoms with Gasteiger partial charge in [-0.15, -0.1) is 0 Å². The molecule has 0 nitrogen and oxygen atoms in total. The molecule has 4 saturated carbocycles. The van der Waals surface area contributed by atoms with Gasteiger partial charge in [-0.2, -0.15) is 0 Å². The largest absolute Gasteiger partial charge is 0.0888 e. The van der Waals surface area contributed by atoms with Crippen molar-refractivity contribution in [2.75, 3.05) is 0 Å². The van der Waals surface area contributed by atoms with Gasteiger partial charge in [0.15, 0.2) is 0 Å². The van der Waals surface area contributed by atoms with Gasteiger partial charge in [0, 0.05) is 9.15 Å². The monoisotopic (exact) mass is 348 g/mol. The maximum atomic E-state index is 4.11. The van der Waals surface area contributed by atoms with E-state index < -0.39 is 0 Å². The summed E-state index contributed by atoms with van der Waals surface area (Å²) in [5.74, 6) is 0. The lowest BCUT2D eigenvalue weighted by Gasteiger charge is -2.69. The minimum absolute atomic E-state index is 0.452. The summed E-state index contributed by atoms with van der Waals surface area (Å²) in [7, 11) is 0. The molecule has 0 aromatic carbocycles. The van der Waals surface area contributed by atoms with E-state index in [2.05, 4.69) is 52.6 Å². The van der Waals surface area contributed by atoms with E-state index in [-0.39, 0.29) is 0 Å². The van der Waals surface area contributed by atoms with E-state index >= 15 is 0 Å². The van der Waals surface area contributed by atoms with Gasteiger partial charge in [0.2, 0.25) is 0 Å². The number of alkyl halides is 2. The Balaban J connectivity index is 2.07. The minimum Gasteiger partial charge on any atom is -0.0888 e. The van der Waals surface area contributed by atoms with Crippen LogP contribution in [-0.2, 0) is 0 Å². The zero-order valence-corrected chi connectivity index (χ0v) is 13.7. The lowest BCUT2D eigenvalue weighted by molar-refractivity contribution is -0.127. The molecule has 92 valence electrons. The first kappa shape index (κ1) is 12.0. The Bertz CT molecular complexity index is 280. The lowest BCUT2D eigenvalue weighted by Crippen LogP contribution is -2.62. The van der Waals surface area contributed by atoms with Crippen molar-refractivity contribution in [2.45, 2.75) is 68.4 Å². The predicted octanol–water partition coefficient (Wildman–Crippen LogP) is 5.28. The quantitative estimate of drug-likeness (QED) is 0.564. The van der Waals surface area contributed by atoms with Gasteiger partial charge < -0.3 is 0 Å². The van der Waals surface area contributed by atoms with Gasteiger partial charge in [-0.3, -0.25) is 0 Å². The van der Waals surface area contributed by atoms with Crippen molar-refractivity contribution in [3.8, 4) is 0 Å². The standard InChI is InChI=1S/C14H22Br2/c1-10(15)13-5-11(2)4-12(3,6-13)8-14(16,7-11)9-13/h10H,4-9H2,1-3H3/t10-,11-,12-,13?,14?/m1/s1. The third-order valence-corrected chi connectivity index (χ3v) is 7.22. The minimum atomic E-state index is 0.452. The second-order valence-electron chi connectivity index (χ2n) is 7.81. The average Bonchev–Trinajstić information content (AvgIpc) is 1.92. The van der Waals surface area contributed by atoms with E-state index in [0.29, 0.717) is 25.4 Å². The summed E-state index contributed by atoms with van der Waals surface area (Å²) in [6, 6.07) is 0. The van der Waals surface area contributed by atoms with Crippen LogP contribution in [0.15, 0.2) is 0 Å². The molecule has 4 rings (SSSR count). The molecule has 4 aliphatic carbocycles. The molecule has 4 aliphatic rings. The van der Waals surface area contributed by atoms with Crippen molar-refractivity contribution in [3.63, 3.8) is 0 Å². The number of rotatable bonds is 1. The fraction of sp³-hybridized carbons (Fsp3) is 1.00. The molecule has 0 saturated heterocycles. The van der Waals surface area contributed by atoms with Crippen LogP contribution in [0.25, 0.3) is 0 Å². The first-order valence-corrected chi connectivity index (χ1v) is 8.22. The van der Waals surface area contributed by atoms with Gasteiger partial charge in [0.05, 0.1) is 0 Å². The summed E-state index contributed by atoms with van der Waals surface area (Å²) >= 11 is 8.02. The number of halogens is 2. The van der Waals surface area contributed by atoms with Crippen LogP contribution in [0.3, 0.4) is 0 Å². The second-order valence-corrected chi connectivity index (χ2v) is 10.9. The van der Waals surface area contributed by atoms with E-state index in [1.54, 1.807) is 0 Å². The summed E-state index contributed by atoms with van der Waals surface area (Å²) in [6.07, 6.45) is 8.52. The van der Waals surface area contributed by atoms with Crippen LogP contribution in [0.4, 0.5) is 0 Å². The zero-order chi connectivity index (χ0) is 11.8. The molecule has 2 heteroatoms. The van der Waals surface area contributed by atoms with Gasteiger partial charge >= 0.3 is 0 Å². The van der Waals surface area contributed by atoms with Crippen LogP contribution >= 0.6 is 31.9 Å². The van der Waals surface area contributed by atoms with Crippen molar-refractivity contribution >= 4 is 31.9 Å². The molecule has 0 spiro atoms. The van der Waals surface area contributed by atoms with Crippen molar-refractivity contribution in [3.05, 3.63) is 0 Å². The van der Waals surface area contributed by atoms with E-state index in [1.807, 2.05) is 0 Å². The first-order chi connectivity index (χ1) is 7.19. The normalized spacial score (nSPS) is 61.3. The van der Waals surface area contributed by atoms with Gasteiger partial charge in [-0.1, -0.05) is 52.6 Å². The molecule has 3 atom stereocenters. The Morgan fingerprint density at radius 2 is 1.38 bits per heavy atom. The SMILES string of the molecule is C[C@@H](Br)C12CC3(Br)C[C@@](C)(C1)C[C@@](C)(C3)C2. The summed E-state index contributed by atoms with van der Waals surface area (Å²) in [4.78, 5) is 0.663. The van der Waals surface area contributed by atoms with Gasteiger partial charge in [0.1, 0.15) is 0 Å². The number of hydrogen-bond donors (Lipinski definition) is 0. The Hall–Kier alpha value is 0.960. The Labute approximate surface area is 116 Å². The molecular formula is C14H22Br2. The van der Waals surface area contributed by atoms with Gasteiger partial charge in [-0.25, -0.2) is 0 Å². The predicted molar refractivity (Wildman–Crippen MR) is 76.4 cm³/mol. The van der Waals surface area contributed by atoms with Crippen LogP contribution in [0.2, 0.25) is 0 Å². The maximum Gasteiger partial charge on any atom is 0.0274 e. The average molecular weight is 350 g/mol. The molecular weight excluding hydrogens is 328 g/mol. The Morgan fingerprint density at radius 3 is 1.75 bits per heavy atom. The molecule has 0 aromatic rings. The summed E-state index contributed by atoms with van der Waals surface area (Å²) in [5, 5.41) is 0. The van der Waals surface area contributed by atoms with E-state index in [9.17, 15) is 0 Å². The lowest BCUT2D eigenvalue weighted by atomic mass is 9.40. The van der Waals surface area contributed by atoms with Gasteiger partial charge in [-0.05, 0) is 54.8 Å². The third-order valence-electron chi connectivity index (χ3n) is 5.41. The molecule has 0 N–H and O–H groups in total. The molecule has 0 heterocycles. The van der Waals surface area contributed by atoms with E-state index in [0.717, 1.165) is 0 Å². The number of hydrogen-bond acceptors (Lipinski definition) is 0. The van der Waals surface area contributed by atoms with Crippen molar-refractivity contribution in [1.82, 2.24) is 0 Å². The van der Waals surface area contributed by atoms with Gasteiger partial charge in [0.25, 0.3) is 0 Å². The zero-order valence-electron chi connectivity index (χ0n) is 10.6. The fourth-order valence-electron chi connectivity index (χ4n) is 6.06. The van der Waals surface area contributed by atoms with Crippen LogP contribution in [0, 0.1) is 16.2 Å². The van der Waals surface area contributed by atoms with Crippen LogP contribution in [0.5, 0.6) is 0 Å². The van der Waals surface area contributed by atoms with Crippen LogP contribution in [-0.4, -0.2) is 9.15 Å². The molecule has 0 unspecified atom stereocenters. The molecule has 0 amide bonds. The molecule has 16 heavy (non-hydrogen) atoms. The molecule has 0 aromatic heterocycles. The highest BCUT2D eigenvalue weighted by Crippen LogP contribution is 2.74. The highest BCUT2D eigenvalue weighted by molar-refractivity contribution is 9.10. The fourth-order valence-corrected chi connectivity index (χ4v) is 8.46. The Kier molecular flexibility index (Phi) is 2.33. The highest BCUT2D eigenvalue weighted by atomic mass is 79.9. The van der Waals surface area contributed by atoms with E-state index in [4.69, 9.17) is 0 Å². The second kappa shape index (κ2) is 3.10. The van der Waals surface area contributed by atoms with Crippen molar-refractivity contribution in [2.24, 2.45) is 16.2 Å². The maximum absolute atomic E-state index is 4.11. The molecule has 4 bridgehead atoms. The smallest absolute Gasteiger partial charge is 0.0274 e. The molecule has 0 radical (unpaired) electrons. The summed E-state index contributed by atoms with van der Waals surface area (Å²) < 4.78 is 0.452. The highest BCUT2D eigenvalue weighted by Gasteiger charge is 2.65. The van der Waals surface area contributed by atoms with Crippen molar-refractivity contribution < 1.29 is 0 Å². The van der Waals surface area contributed by atoms with Crippen LogP contribution < -0.4 is 0 Å². The van der Waals surface area contributed by atoms with E-state index in [1.165, 1.54) is 38.5 Å². The Morgan fingerprint density at radius 1 is 0.875 bits per heavy atom. The molecule has 4 fully saturated rings. The summed E-state index contributed by atoms with van der Waals surface area (Å²) in [5.41, 5.74) is 1.74. The van der Waals surface area contributed by atoms with Crippen molar-refractivity contribution in [1.29, 1.82) is 0 Å².